The van der Waals surface area contributed by atoms with Crippen molar-refractivity contribution in [3.63, 3.8) is 0 Å². The van der Waals surface area contributed by atoms with E-state index in [1.165, 1.54) is 24.6 Å². The maximum atomic E-state index is 11.5. The van der Waals surface area contributed by atoms with Crippen LogP contribution in [-0.2, 0) is 26.7 Å². The number of allylic oxidation sites excluding steroid dienone is 10. The molecule has 2 aliphatic rings. The standard InChI is InChI=1S/C15H13N3O2S.C9H7NO.Fe/c19-13-7-3-1-5-11(13)9-16-15(21)18-17-10-12-6-2-4-8-14(12)20;11-8-5-1-3-7-4-2-6-10-9(7)8;/h1-10,17H,(H2,16,18,21);1-6,11H;/b11-9-,12-10-;;. The normalized spacial score (nSPS) is 16.2. The topological polar surface area (TPSA) is 103 Å². The fraction of sp³-hybridized carbons (Fsp3) is 0. The van der Waals surface area contributed by atoms with Crippen molar-refractivity contribution >= 4 is 39.8 Å². The molecule has 2 aliphatic carbocycles. The van der Waals surface area contributed by atoms with Gasteiger partial charge in [0.1, 0.15) is 11.3 Å². The number of benzene rings is 1. The van der Waals surface area contributed by atoms with Crippen LogP contribution in [0, 0.1) is 0 Å². The van der Waals surface area contributed by atoms with Gasteiger partial charge >= 0.3 is 0 Å². The minimum Gasteiger partial charge on any atom is -0.506 e. The predicted molar refractivity (Wildman–Crippen MR) is 128 cm³/mol. The number of phenolic OH excluding ortho intramolecular Hbond substituents is 1. The predicted octanol–water partition coefficient (Wildman–Crippen LogP) is 3.05. The Morgan fingerprint density at radius 3 is 2.12 bits per heavy atom. The largest absolute Gasteiger partial charge is 0.506 e. The minimum atomic E-state index is -0.0902. The number of carbonyl (C=O) groups is 2. The fourth-order valence-electron chi connectivity index (χ4n) is 2.65. The molecule has 0 saturated heterocycles. The Morgan fingerprint density at radius 1 is 0.879 bits per heavy atom. The molecule has 0 saturated carbocycles. The molecule has 4 rings (SSSR count). The summed E-state index contributed by atoms with van der Waals surface area (Å²) in [5.74, 6) is 0.0632. The Balaban J connectivity index is 0.000000270. The number of thiocarbonyl (C=S) groups is 1. The molecule has 1 aromatic carbocycles. The number of hydrogen-bond donors (Lipinski definition) is 4. The summed E-state index contributed by atoms with van der Waals surface area (Å²) in [6.07, 6.45) is 17.9. The van der Waals surface area contributed by atoms with Crippen molar-refractivity contribution in [1.29, 1.82) is 0 Å². The third-order valence-electron chi connectivity index (χ3n) is 4.22. The molecule has 4 N–H and O–H groups in total. The Kier molecular flexibility index (Phi) is 9.98. The number of nitrogens with one attached hydrogen (secondary N) is 3. The number of carbonyl (C=O) groups excluding carboxylic acids is 2. The molecule has 7 nitrogen and oxygen atoms in total. The van der Waals surface area contributed by atoms with E-state index in [2.05, 4.69) is 21.2 Å². The van der Waals surface area contributed by atoms with Crippen molar-refractivity contribution in [2.45, 2.75) is 0 Å². The monoisotopic (exact) mass is 500 g/mol. The zero-order valence-electron chi connectivity index (χ0n) is 17.2. The van der Waals surface area contributed by atoms with Gasteiger partial charge in [-0.25, -0.2) is 0 Å². The zero-order valence-corrected chi connectivity index (χ0v) is 19.1. The second-order valence-corrected chi connectivity index (χ2v) is 6.87. The molecule has 1 aromatic heterocycles. The number of ketones is 2. The Labute approximate surface area is 206 Å². The van der Waals surface area contributed by atoms with E-state index in [4.69, 9.17) is 12.2 Å². The fourth-order valence-corrected chi connectivity index (χ4v) is 2.76. The van der Waals surface area contributed by atoms with Gasteiger partial charge in [0.05, 0.1) is 0 Å². The van der Waals surface area contributed by atoms with E-state index in [0.717, 1.165) is 5.39 Å². The molecule has 33 heavy (non-hydrogen) atoms. The van der Waals surface area contributed by atoms with Crippen LogP contribution in [0.25, 0.3) is 10.9 Å². The molecular formula is C24H20FeN4O3S. The van der Waals surface area contributed by atoms with Crippen molar-refractivity contribution < 1.29 is 31.8 Å². The summed E-state index contributed by atoms with van der Waals surface area (Å²) in [5, 5.41) is 13.3. The first-order valence-electron chi connectivity index (χ1n) is 9.58. The quantitative estimate of drug-likeness (QED) is 0.221. The summed E-state index contributed by atoms with van der Waals surface area (Å²) in [6, 6.07) is 9.13. The van der Waals surface area contributed by atoms with E-state index in [1.54, 1.807) is 54.8 Å². The first kappa shape index (κ1) is 25.5. The van der Waals surface area contributed by atoms with Crippen molar-refractivity contribution in [3.05, 3.63) is 109 Å². The smallest absolute Gasteiger partial charge is 0.189 e. The van der Waals surface area contributed by atoms with E-state index in [-0.39, 0.29) is 39.5 Å². The number of aromatic hydroxyl groups is 1. The van der Waals surface area contributed by atoms with Crippen molar-refractivity contribution in [3.8, 4) is 5.75 Å². The van der Waals surface area contributed by atoms with Gasteiger partial charge in [0.15, 0.2) is 16.7 Å². The maximum absolute atomic E-state index is 11.5. The number of aromatic nitrogens is 1. The number of para-hydroxylation sites is 1. The van der Waals surface area contributed by atoms with Crippen molar-refractivity contribution in [2.75, 3.05) is 0 Å². The summed E-state index contributed by atoms with van der Waals surface area (Å²) in [4.78, 5) is 27.0. The number of hydrogen-bond acceptors (Lipinski definition) is 6. The van der Waals surface area contributed by atoms with Gasteiger partial charge in [0.2, 0.25) is 0 Å². The summed E-state index contributed by atoms with van der Waals surface area (Å²) < 4.78 is 0. The van der Waals surface area contributed by atoms with E-state index in [0.29, 0.717) is 16.7 Å². The Bertz CT molecular complexity index is 1220. The van der Waals surface area contributed by atoms with Gasteiger partial charge in [0.25, 0.3) is 0 Å². The van der Waals surface area contributed by atoms with Crippen molar-refractivity contribution in [1.82, 2.24) is 21.2 Å². The average molecular weight is 500 g/mol. The molecule has 0 bridgehead atoms. The molecule has 2 aromatic rings. The van der Waals surface area contributed by atoms with Crippen LogP contribution in [-0.4, -0.2) is 26.8 Å². The van der Waals surface area contributed by atoms with Crippen LogP contribution in [0.15, 0.2) is 109 Å². The van der Waals surface area contributed by atoms with Crippen LogP contribution < -0.4 is 16.2 Å². The molecule has 1 heterocycles. The number of hydrazine groups is 1. The molecule has 0 spiro atoms. The van der Waals surface area contributed by atoms with Crippen LogP contribution in [0.1, 0.15) is 0 Å². The molecule has 9 heteroatoms. The van der Waals surface area contributed by atoms with Gasteiger partial charge in [-0.15, -0.1) is 0 Å². The molecule has 0 atom stereocenters. The number of rotatable bonds is 3. The second-order valence-electron chi connectivity index (χ2n) is 6.46. The van der Waals surface area contributed by atoms with Gasteiger partial charge < -0.3 is 15.8 Å². The molecule has 168 valence electrons. The first-order valence-corrected chi connectivity index (χ1v) is 9.98. The first-order chi connectivity index (χ1) is 15.5. The molecule has 0 radical (unpaired) electrons. The van der Waals surface area contributed by atoms with Gasteiger partial charge in [-0.05, 0) is 48.7 Å². The van der Waals surface area contributed by atoms with Crippen LogP contribution in [0.2, 0.25) is 0 Å². The number of nitrogens with zero attached hydrogens (tertiary/aromatic N) is 1. The SMILES string of the molecule is O=C1C=CC=C/C1=C/NNC(=S)N/C=C1/C=CC=CC1=O.Oc1cccc2cccnc12.[Fe]. The average Bonchev–Trinajstić information content (AvgIpc) is 2.81. The summed E-state index contributed by atoms with van der Waals surface area (Å²) >= 11 is 5.03. The number of pyridine rings is 1. The summed E-state index contributed by atoms with van der Waals surface area (Å²) in [6.45, 7) is 0. The van der Waals surface area contributed by atoms with Crippen LogP contribution in [0.5, 0.6) is 5.75 Å². The van der Waals surface area contributed by atoms with Gasteiger partial charge in [-0.1, -0.05) is 42.5 Å². The Morgan fingerprint density at radius 2 is 1.48 bits per heavy atom. The van der Waals surface area contributed by atoms with Crippen LogP contribution >= 0.6 is 12.2 Å². The molecule has 0 fully saturated rings. The van der Waals surface area contributed by atoms with Gasteiger partial charge in [0, 0.05) is 52.2 Å². The van der Waals surface area contributed by atoms with Crippen LogP contribution in [0.3, 0.4) is 0 Å². The number of fused-ring (bicyclic) bond motifs is 1. The Hall–Kier alpha value is -3.78. The van der Waals surface area contributed by atoms with E-state index in [1.807, 2.05) is 18.2 Å². The maximum Gasteiger partial charge on any atom is 0.189 e. The van der Waals surface area contributed by atoms with Gasteiger partial charge in [-0.3, -0.25) is 20.0 Å². The van der Waals surface area contributed by atoms with Crippen LogP contribution in [0.4, 0.5) is 0 Å². The van der Waals surface area contributed by atoms with Crippen molar-refractivity contribution in [2.24, 2.45) is 0 Å². The zero-order chi connectivity index (χ0) is 22.8. The second kappa shape index (κ2) is 12.9. The molecular weight excluding hydrogens is 480 g/mol. The van der Waals surface area contributed by atoms with E-state index >= 15 is 0 Å². The van der Waals surface area contributed by atoms with E-state index in [9.17, 15) is 14.7 Å². The molecule has 0 aliphatic heterocycles. The minimum absolute atomic E-state index is 0. The molecule has 0 amide bonds. The third kappa shape index (κ3) is 7.69. The molecule has 0 unspecified atom stereocenters. The summed E-state index contributed by atoms with van der Waals surface area (Å²) in [7, 11) is 0. The third-order valence-corrected chi connectivity index (χ3v) is 4.44. The number of phenols is 1. The summed E-state index contributed by atoms with van der Waals surface area (Å²) in [5.41, 5.74) is 7.09. The van der Waals surface area contributed by atoms with E-state index < -0.39 is 0 Å². The van der Waals surface area contributed by atoms with Gasteiger partial charge in [-0.2, -0.15) is 0 Å².